The van der Waals surface area contributed by atoms with Gasteiger partial charge >= 0.3 is 5.97 Å². The molecular formula is C21H37KNO3. The monoisotopic (exact) mass is 390 g/mol. The van der Waals surface area contributed by atoms with Gasteiger partial charge in [-0.1, -0.05) is 63.3 Å². The van der Waals surface area contributed by atoms with Crippen LogP contribution in [0.25, 0.3) is 0 Å². The summed E-state index contributed by atoms with van der Waals surface area (Å²) in [6, 6.07) is 0. The zero-order valence-electron chi connectivity index (χ0n) is 17.2. The fourth-order valence-corrected chi connectivity index (χ4v) is 2.57. The molecule has 0 bridgehead atoms. The van der Waals surface area contributed by atoms with Crippen molar-refractivity contribution in [2.24, 2.45) is 0 Å². The van der Waals surface area contributed by atoms with Gasteiger partial charge in [0.1, 0.15) is 6.54 Å². The van der Waals surface area contributed by atoms with Gasteiger partial charge in [-0.05, 0) is 38.5 Å². The summed E-state index contributed by atoms with van der Waals surface area (Å²) < 4.78 is 0. The quantitative estimate of drug-likeness (QED) is 0.230. The summed E-state index contributed by atoms with van der Waals surface area (Å²) in [5.41, 5.74) is 0. The molecule has 26 heavy (non-hydrogen) atoms. The normalized spacial score (nSPS) is 11.0. The van der Waals surface area contributed by atoms with Gasteiger partial charge < -0.3 is 10.0 Å². The van der Waals surface area contributed by atoms with Crippen LogP contribution in [0.1, 0.15) is 84.0 Å². The van der Waals surface area contributed by atoms with E-state index in [-0.39, 0.29) is 63.8 Å². The maximum atomic E-state index is 11.7. The van der Waals surface area contributed by atoms with Crippen LogP contribution in [0.15, 0.2) is 24.3 Å². The molecule has 0 atom stereocenters. The Morgan fingerprint density at radius 1 is 0.846 bits per heavy atom. The largest absolute Gasteiger partial charge is 0.480 e. The molecule has 0 aromatic rings. The van der Waals surface area contributed by atoms with E-state index < -0.39 is 5.97 Å². The predicted molar refractivity (Wildman–Crippen MR) is 110 cm³/mol. The summed E-state index contributed by atoms with van der Waals surface area (Å²) in [5, 5.41) is 8.63. The Morgan fingerprint density at radius 2 is 1.38 bits per heavy atom. The number of hydrogen-bond acceptors (Lipinski definition) is 2. The molecule has 0 saturated carbocycles. The average Bonchev–Trinajstić information content (AvgIpc) is 2.57. The van der Waals surface area contributed by atoms with Crippen molar-refractivity contribution in [1.82, 2.24) is 4.90 Å². The molecule has 0 unspecified atom stereocenters. The first-order chi connectivity index (χ1) is 12.1. The summed E-state index contributed by atoms with van der Waals surface area (Å²) in [4.78, 5) is 23.5. The summed E-state index contributed by atoms with van der Waals surface area (Å²) in [6.45, 7) is 2.02. The Kier molecular flexibility index (Phi) is 23.2. The van der Waals surface area contributed by atoms with Gasteiger partial charge in [-0.25, -0.2) is 0 Å². The Morgan fingerprint density at radius 3 is 1.96 bits per heavy atom. The third-order valence-electron chi connectivity index (χ3n) is 4.14. The number of hydrogen-bond donors (Lipinski definition) is 1. The van der Waals surface area contributed by atoms with E-state index in [1.165, 1.54) is 43.4 Å². The second-order valence-electron chi connectivity index (χ2n) is 6.62. The molecule has 0 aromatic carbocycles. The van der Waals surface area contributed by atoms with Gasteiger partial charge in [0.25, 0.3) is 0 Å². The molecule has 145 valence electrons. The minimum Gasteiger partial charge on any atom is -0.480 e. The van der Waals surface area contributed by atoms with E-state index in [0.717, 1.165) is 32.1 Å². The van der Waals surface area contributed by atoms with E-state index in [2.05, 4.69) is 31.2 Å². The molecule has 0 heterocycles. The van der Waals surface area contributed by atoms with E-state index >= 15 is 0 Å². The van der Waals surface area contributed by atoms with E-state index in [0.29, 0.717) is 6.42 Å². The van der Waals surface area contributed by atoms with Crippen LogP contribution in [0, 0.1) is 0 Å². The fourth-order valence-electron chi connectivity index (χ4n) is 2.57. The number of unbranched alkanes of at least 4 members (excludes halogenated alkanes) is 8. The number of rotatable bonds is 16. The molecule has 0 aliphatic rings. The summed E-state index contributed by atoms with van der Waals surface area (Å²) in [6.07, 6.45) is 22.2. The van der Waals surface area contributed by atoms with Crippen molar-refractivity contribution in [1.29, 1.82) is 0 Å². The molecule has 0 aliphatic heterocycles. The smallest absolute Gasteiger partial charge is 0.323 e. The second-order valence-corrected chi connectivity index (χ2v) is 6.62. The number of allylic oxidation sites excluding steroid dienone is 4. The first-order valence-electron chi connectivity index (χ1n) is 9.83. The summed E-state index contributed by atoms with van der Waals surface area (Å²) >= 11 is 0. The van der Waals surface area contributed by atoms with Gasteiger partial charge in [0.15, 0.2) is 0 Å². The number of carbonyl (C=O) groups is 2. The number of carbonyl (C=O) groups excluding carboxylic acids is 1. The molecule has 0 rings (SSSR count). The van der Waals surface area contributed by atoms with E-state index in [4.69, 9.17) is 5.11 Å². The SMILES string of the molecule is CCCCC/C=C\C/C=C\CCCCCCCC(=O)N(C)CC(=O)O.[K]. The molecule has 0 aromatic heterocycles. The van der Waals surface area contributed by atoms with E-state index in [1.54, 1.807) is 7.05 Å². The van der Waals surface area contributed by atoms with Gasteiger partial charge in [-0.2, -0.15) is 0 Å². The van der Waals surface area contributed by atoms with Gasteiger partial charge in [0, 0.05) is 64.9 Å². The van der Waals surface area contributed by atoms with E-state index in [9.17, 15) is 9.59 Å². The first kappa shape index (κ1) is 28.3. The number of aliphatic carboxylic acids is 1. The van der Waals surface area contributed by atoms with Crippen molar-refractivity contribution in [3.8, 4) is 0 Å². The predicted octanol–water partition coefficient (Wildman–Crippen LogP) is 4.96. The maximum Gasteiger partial charge on any atom is 0.323 e. The van der Waals surface area contributed by atoms with E-state index in [1.807, 2.05) is 0 Å². The van der Waals surface area contributed by atoms with Crippen molar-refractivity contribution in [2.45, 2.75) is 84.0 Å². The average molecular weight is 391 g/mol. The Hall–Kier alpha value is 0.0564. The van der Waals surface area contributed by atoms with Crippen LogP contribution in [-0.2, 0) is 9.59 Å². The molecule has 0 spiro atoms. The van der Waals surface area contributed by atoms with Crippen LogP contribution in [0.3, 0.4) is 0 Å². The van der Waals surface area contributed by atoms with Crippen LogP contribution < -0.4 is 0 Å². The molecule has 1 amide bonds. The van der Waals surface area contributed by atoms with Crippen LogP contribution in [0.2, 0.25) is 0 Å². The van der Waals surface area contributed by atoms with Crippen LogP contribution >= 0.6 is 0 Å². The van der Waals surface area contributed by atoms with Gasteiger partial charge in [0.2, 0.25) is 5.91 Å². The summed E-state index contributed by atoms with van der Waals surface area (Å²) in [7, 11) is 1.54. The zero-order chi connectivity index (χ0) is 18.8. The minimum atomic E-state index is -0.962. The number of amides is 1. The molecular weight excluding hydrogens is 353 g/mol. The topological polar surface area (TPSA) is 57.6 Å². The van der Waals surface area contributed by atoms with Crippen LogP contribution in [0.4, 0.5) is 0 Å². The van der Waals surface area contributed by atoms with Crippen LogP contribution in [0.5, 0.6) is 0 Å². The van der Waals surface area contributed by atoms with Gasteiger partial charge in [-0.3, -0.25) is 9.59 Å². The molecule has 0 aliphatic carbocycles. The minimum absolute atomic E-state index is 0. The summed E-state index contributed by atoms with van der Waals surface area (Å²) in [5.74, 6) is -1.04. The van der Waals surface area contributed by atoms with Gasteiger partial charge in [-0.15, -0.1) is 0 Å². The molecule has 0 saturated heterocycles. The first-order valence-corrected chi connectivity index (χ1v) is 9.83. The third-order valence-corrected chi connectivity index (χ3v) is 4.14. The fraction of sp³-hybridized carbons (Fsp3) is 0.714. The molecule has 1 radical (unpaired) electrons. The number of carboxylic acids is 1. The van der Waals surface area contributed by atoms with Crippen molar-refractivity contribution >= 4 is 63.3 Å². The third kappa shape index (κ3) is 20.4. The standard InChI is InChI=1S/C21H37NO3.K/c1-3-4-5-6-7-8-9-10-11-12-13-14-15-16-17-18-20(23)22(2)19-21(24)25;/h7-8,10-11H,3-6,9,12-19H2,1-2H3,(H,24,25);/b8-7-,11-10-;. The number of nitrogens with zero attached hydrogens (tertiary/aromatic N) is 1. The zero-order valence-corrected chi connectivity index (χ0v) is 20.3. The van der Waals surface area contributed by atoms with Crippen molar-refractivity contribution in [3.63, 3.8) is 0 Å². The van der Waals surface area contributed by atoms with Crippen molar-refractivity contribution in [3.05, 3.63) is 24.3 Å². The molecule has 5 heteroatoms. The van der Waals surface area contributed by atoms with Gasteiger partial charge in [0.05, 0.1) is 0 Å². The van der Waals surface area contributed by atoms with Crippen molar-refractivity contribution in [2.75, 3.05) is 13.6 Å². The molecule has 4 nitrogen and oxygen atoms in total. The second kappa shape index (κ2) is 21.4. The molecule has 0 fully saturated rings. The maximum absolute atomic E-state index is 11.7. The number of carboxylic acid groups (broad SMARTS) is 1. The Balaban J connectivity index is 0. The van der Waals surface area contributed by atoms with Crippen molar-refractivity contribution < 1.29 is 14.7 Å². The number of likely N-dealkylation sites (N-methyl/N-ethyl adjacent to an activating group) is 1. The molecule has 1 N–H and O–H groups in total. The Bertz CT molecular complexity index is 408. The van der Waals surface area contributed by atoms with Crippen LogP contribution in [-0.4, -0.2) is 86.9 Å². The Labute approximate surface area is 202 Å².